The molecule has 3 rings (SSSR count). The lowest BCUT2D eigenvalue weighted by Crippen LogP contribution is -2.03. The lowest BCUT2D eigenvalue weighted by molar-refractivity contribution is 0.412. The lowest BCUT2D eigenvalue weighted by Gasteiger charge is -2.13. The van der Waals surface area contributed by atoms with Gasteiger partial charge in [-0.25, -0.2) is 8.42 Å². The minimum atomic E-state index is -3.57. The van der Waals surface area contributed by atoms with Crippen LogP contribution in [0.4, 0.5) is 0 Å². The highest BCUT2D eigenvalue weighted by atomic mass is 32.2. The van der Waals surface area contributed by atoms with Crippen LogP contribution < -0.4 is 9.47 Å². The predicted octanol–water partition coefficient (Wildman–Crippen LogP) is 5.58. The summed E-state index contributed by atoms with van der Waals surface area (Å²) in [6, 6.07) is 19.3. The topological polar surface area (TPSA) is 52.6 Å². The second kappa shape index (κ2) is 8.48. The fourth-order valence-corrected chi connectivity index (χ4v) is 4.22. The molecule has 0 radical (unpaired) electrons. The van der Waals surface area contributed by atoms with Crippen molar-refractivity contribution < 1.29 is 17.9 Å². The van der Waals surface area contributed by atoms with Gasteiger partial charge in [0.15, 0.2) is 0 Å². The number of benzene rings is 3. The van der Waals surface area contributed by atoms with Crippen molar-refractivity contribution in [3.05, 3.63) is 77.9 Å². The molecule has 0 N–H and O–H groups in total. The van der Waals surface area contributed by atoms with Crippen LogP contribution in [-0.2, 0) is 16.3 Å². The highest BCUT2D eigenvalue weighted by molar-refractivity contribution is 7.91. The molecule has 0 aliphatic carbocycles. The highest BCUT2D eigenvalue weighted by Crippen LogP contribution is 2.31. The minimum absolute atomic E-state index is 0.280. The van der Waals surface area contributed by atoms with Crippen molar-refractivity contribution in [2.75, 3.05) is 7.11 Å². The van der Waals surface area contributed by atoms with Crippen molar-refractivity contribution in [3.63, 3.8) is 0 Å². The molecule has 0 unspecified atom stereocenters. The summed E-state index contributed by atoms with van der Waals surface area (Å²) < 4.78 is 37.1. The van der Waals surface area contributed by atoms with Crippen LogP contribution in [0.5, 0.6) is 17.2 Å². The van der Waals surface area contributed by atoms with E-state index in [1.165, 1.54) is 0 Å². The molecule has 3 aromatic rings. The Kier molecular flexibility index (Phi) is 6.05. The van der Waals surface area contributed by atoms with Crippen LogP contribution in [0.25, 0.3) is 0 Å². The Morgan fingerprint density at radius 1 is 0.821 bits per heavy atom. The van der Waals surface area contributed by atoms with Crippen molar-refractivity contribution in [1.82, 2.24) is 0 Å². The van der Waals surface area contributed by atoms with Crippen LogP contribution in [0.15, 0.2) is 76.5 Å². The molecular formula is C23H24O4S. The van der Waals surface area contributed by atoms with E-state index in [-0.39, 0.29) is 4.90 Å². The molecular weight excluding hydrogens is 372 g/mol. The van der Waals surface area contributed by atoms with E-state index in [0.29, 0.717) is 16.4 Å². The van der Waals surface area contributed by atoms with Gasteiger partial charge in [0.25, 0.3) is 0 Å². The highest BCUT2D eigenvalue weighted by Gasteiger charge is 2.19. The van der Waals surface area contributed by atoms with Gasteiger partial charge in [-0.1, -0.05) is 31.0 Å². The first-order valence-electron chi connectivity index (χ1n) is 9.20. The molecule has 4 nitrogen and oxygen atoms in total. The molecule has 0 aliphatic heterocycles. The molecule has 0 saturated carbocycles. The Balaban J connectivity index is 1.94. The van der Waals surface area contributed by atoms with Gasteiger partial charge in [0, 0.05) is 0 Å². The number of ether oxygens (including phenoxy) is 2. The Bertz CT molecular complexity index is 1040. The number of methoxy groups -OCH3 is 1. The smallest absolute Gasteiger partial charge is 0.206 e. The molecule has 5 heteroatoms. The number of sulfone groups is 1. The third-order valence-corrected chi connectivity index (χ3v) is 6.25. The third-order valence-electron chi connectivity index (χ3n) is 4.48. The molecule has 0 bridgehead atoms. The number of hydrogen-bond donors (Lipinski definition) is 0. The zero-order chi connectivity index (χ0) is 20.1. The lowest BCUT2D eigenvalue weighted by atomic mass is 10.1. The Labute approximate surface area is 166 Å². The molecule has 0 spiro atoms. The molecule has 0 amide bonds. The third kappa shape index (κ3) is 4.37. The first kappa shape index (κ1) is 20.0. The van der Waals surface area contributed by atoms with Crippen LogP contribution in [0, 0.1) is 6.92 Å². The van der Waals surface area contributed by atoms with Crippen LogP contribution in [0.2, 0.25) is 0 Å². The maximum absolute atomic E-state index is 13.0. The zero-order valence-electron chi connectivity index (χ0n) is 16.3. The molecule has 0 aliphatic rings. The summed E-state index contributed by atoms with van der Waals surface area (Å²) in [6.45, 7) is 3.99. The van der Waals surface area contributed by atoms with Gasteiger partial charge in [-0.05, 0) is 73.5 Å². The van der Waals surface area contributed by atoms with Crippen molar-refractivity contribution in [3.8, 4) is 17.2 Å². The van der Waals surface area contributed by atoms with Gasteiger partial charge in [-0.15, -0.1) is 0 Å². The first-order valence-corrected chi connectivity index (χ1v) is 10.7. The van der Waals surface area contributed by atoms with Crippen molar-refractivity contribution in [2.45, 2.75) is 36.5 Å². The molecule has 146 valence electrons. The Morgan fingerprint density at radius 3 is 2.04 bits per heavy atom. The quantitative estimate of drug-likeness (QED) is 0.523. The van der Waals surface area contributed by atoms with Gasteiger partial charge in [-0.2, -0.15) is 0 Å². The van der Waals surface area contributed by atoms with Crippen LogP contribution in [0.1, 0.15) is 24.5 Å². The normalized spacial score (nSPS) is 11.2. The largest absolute Gasteiger partial charge is 0.497 e. The van der Waals surface area contributed by atoms with E-state index in [0.717, 1.165) is 29.7 Å². The van der Waals surface area contributed by atoms with E-state index in [4.69, 9.17) is 9.47 Å². The van der Waals surface area contributed by atoms with E-state index >= 15 is 0 Å². The summed E-state index contributed by atoms with van der Waals surface area (Å²) >= 11 is 0. The molecule has 0 heterocycles. The van der Waals surface area contributed by atoms with Gasteiger partial charge in [0.1, 0.15) is 17.2 Å². The fraction of sp³-hybridized carbons (Fsp3) is 0.217. The SMILES string of the molecule is CCCc1cc(S(=O)(=O)c2ccc(C)cc2)ccc1Oc1ccc(OC)cc1. The maximum atomic E-state index is 13.0. The summed E-state index contributed by atoms with van der Waals surface area (Å²) in [7, 11) is -1.95. The van der Waals surface area contributed by atoms with E-state index in [1.807, 2.05) is 31.2 Å². The van der Waals surface area contributed by atoms with E-state index < -0.39 is 9.84 Å². The van der Waals surface area contributed by atoms with Gasteiger partial charge in [0.2, 0.25) is 9.84 Å². The molecule has 28 heavy (non-hydrogen) atoms. The maximum Gasteiger partial charge on any atom is 0.206 e. The molecule has 0 fully saturated rings. The molecule has 3 aromatic carbocycles. The van der Waals surface area contributed by atoms with E-state index in [1.54, 1.807) is 49.6 Å². The summed E-state index contributed by atoms with van der Waals surface area (Å²) in [5.74, 6) is 2.09. The summed E-state index contributed by atoms with van der Waals surface area (Å²) in [4.78, 5) is 0.575. The minimum Gasteiger partial charge on any atom is -0.497 e. The summed E-state index contributed by atoms with van der Waals surface area (Å²) in [5.41, 5.74) is 1.89. The monoisotopic (exact) mass is 396 g/mol. The second-order valence-electron chi connectivity index (χ2n) is 6.61. The zero-order valence-corrected chi connectivity index (χ0v) is 17.1. The number of aryl methyl sites for hydroxylation is 2. The Hall–Kier alpha value is -2.79. The molecule has 0 saturated heterocycles. The molecule has 0 atom stereocenters. The van der Waals surface area contributed by atoms with Gasteiger partial charge >= 0.3 is 0 Å². The van der Waals surface area contributed by atoms with Crippen LogP contribution in [0.3, 0.4) is 0 Å². The van der Waals surface area contributed by atoms with E-state index in [2.05, 4.69) is 6.92 Å². The van der Waals surface area contributed by atoms with Crippen LogP contribution >= 0.6 is 0 Å². The molecule has 0 aromatic heterocycles. The second-order valence-corrected chi connectivity index (χ2v) is 8.56. The van der Waals surface area contributed by atoms with Gasteiger partial charge < -0.3 is 9.47 Å². The number of rotatable bonds is 7. The van der Waals surface area contributed by atoms with Gasteiger partial charge in [0.05, 0.1) is 16.9 Å². The fourth-order valence-electron chi connectivity index (χ4n) is 2.91. The standard InChI is InChI=1S/C23H24O4S/c1-4-5-18-16-22(28(24,25)21-12-6-17(2)7-13-21)14-15-23(18)27-20-10-8-19(26-3)9-11-20/h6-16H,4-5H2,1-3H3. The first-order chi connectivity index (χ1) is 13.4. The average Bonchev–Trinajstić information content (AvgIpc) is 2.70. The van der Waals surface area contributed by atoms with Crippen LogP contribution in [-0.4, -0.2) is 15.5 Å². The Morgan fingerprint density at radius 2 is 1.43 bits per heavy atom. The predicted molar refractivity (Wildman–Crippen MR) is 110 cm³/mol. The summed E-state index contributed by atoms with van der Waals surface area (Å²) in [5, 5.41) is 0. The van der Waals surface area contributed by atoms with E-state index in [9.17, 15) is 8.42 Å². The van der Waals surface area contributed by atoms with Crippen molar-refractivity contribution in [2.24, 2.45) is 0 Å². The number of hydrogen-bond acceptors (Lipinski definition) is 4. The van der Waals surface area contributed by atoms with Gasteiger partial charge in [-0.3, -0.25) is 0 Å². The summed E-state index contributed by atoms with van der Waals surface area (Å²) in [6.07, 6.45) is 1.61. The van der Waals surface area contributed by atoms with Crippen molar-refractivity contribution >= 4 is 9.84 Å². The average molecular weight is 397 g/mol. The van der Waals surface area contributed by atoms with Crippen molar-refractivity contribution in [1.29, 1.82) is 0 Å².